The molecule has 0 heterocycles. The number of nitrogens with two attached hydrogens (primary N) is 1. The number of rotatable bonds is 6. The predicted molar refractivity (Wildman–Crippen MR) is 73.6 cm³/mol. The SMILES string of the molecule is CCC(CC)N(C)S(=O)(=O)c1cc(CN)ccc1F. The van der Waals surface area contributed by atoms with Gasteiger partial charge in [-0.25, -0.2) is 12.8 Å². The van der Waals surface area contributed by atoms with Gasteiger partial charge in [-0.1, -0.05) is 19.9 Å². The Morgan fingerprint density at radius 3 is 2.37 bits per heavy atom. The normalized spacial score (nSPS) is 12.4. The lowest BCUT2D eigenvalue weighted by molar-refractivity contribution is 0.348. The zero-order valence-corrected chi connectivity index (χ0v) is 12.4. The standard InChI is InChI=1S/C13H21FN2O2S/c1-4-11(5-2)16(3)19(17,18)13-8-10(9-15)6-7-12(13)14/h6-8,11H,4-5,9,15H2,1-3H3. The van der Waals surface area contributed by atoms with Crippen LogP contribution in [0.4, 0.5) is 4.39 Å². The number of benzene rings is 1. The molecule has 0 fully saturated rings. The van der Waals surface area contributed by atoms with Crippen molar-refractivity contribution in [2.45, 2.75) is 44.2 Å². The van der Waals surface area contributed by atoms with Crippen molar-refractivity contribution in [1.82, 2.24) is 4.31 Å². The van der Waals surface area contributed by atoms with E-state index in [1.165, 1.54) is 23.5 Å². The van der Waals surface area contributed by atoms with E-state index >= 15 is 0 Å². The molecule has 1 aromatic carbocycles. The molecule has 108 valence electrons. The van der Waals surface area contributed by atoms with Gasteiger partial charge in [-0.15, -0.1) is 0 Å². The van der Waals surface area contributed by atoms with Crippen LogP contribution in [0.15, 0.2) is 23.1 Å². The Kier molecular flexibility index (Phi) is 5.46. The van der Waals surface area contributed by atoms with Crippen LogP contribution in [0, 0.1) is 5.82 Å². The van der Waals surface area contributed by atoms with Crippen LogP contribution in [0.5, 0.6) is 0 Å². The van der Waals surface area contributed by atoms with E-state index in [0.29, 0.717) is 18.4 Å². The summed E-state index contributed by atoms with van der Waals surface area (Å²) in [6, 6.07) is 3.82. The second-order valence-electron chi connectivity index (χ2n) is 4.46. The highest BCUT2D eigenvalue weighted by Crippen LogP contribution is 2.23. The molecule has 2 N–H and O–H groups in total. The van der Waals surface area contributed by atoms with Crippen LogP contribution in [-0.2, 0) is 16.6 Å². The van der Waals surface area contributed by atoms with E-state index in [4.69, 9.17) is 5.73 Å². The second-order valence-corrected chi connectivity index (χ2v) is 6.43. The smallest absolute Gasteiger partial charge is 0.245 e. The van der Waals surface area contributed by atoms with E-state index in [2.05, 4.69) is 0 Å². The van der Waals surface area contributed by atoms with E-state index in [9.17, 15) is 12.8 Å². The summed E-state index contributed by atoms with van der Waals surface area (Å²) >= 11 is 0. The fraction of sp³-hybridized carbons (Fsp3) is 0.538. The molecule has 1 aromatic rings. The molecule has 0 bridgehead atoms. The van der Waals surface area contributed by atoms with Gasteiger partial charge in [0.1, 0.15) is 10.7 Å². The van der Waals surface area contributed by atoms with E-state index in [-0.39, 0.29) is 17.5 Å². The first-order valence-corrected chi connectivity index (χ1v) is 7.79. The molecule has 0 aliphatic heterocycles. The Morgan fingerprint density at radius 2 is 1.89 bits per heavy atom. The summed E-state index contributed by atoms with van der Waals surface area (Å²) in [7, 11) is -2.34. The fourth-order valence-electron chi connectivity index (χ4n) is 2.03. The van der Waals surface area contributed by atoms with Gasteiger partial charge in [-0.2, -0.15) is 4.31 Å². The van der Waals surface area contributed by atoms with Gasteiger partial charge in [0.25, 0.3) is 0 Å². The van der Waals surface area contributed by atoms with Gasteiger partial charge in [-0.05, 0) is 30.5 Å². The Hall–Kier alpha value is -0.980. The van der Waals surface area contributed by atoms with E-state index in [1.807, 2.05) is 13.8 Å². The van der Waals surface area contributed by atoms with Gasteiger partial charge in [0, 0.05) is 19.6 Å². The molecule has 0 atom stereocenters. The number of sulfonamides is 1. The minimum atomic E-state index is -3.82. The molecule has 6 heteroatoms. The molecule has 19 heavy (non-hydrogen) atoms. The highest BCUT2D eigenvalue weighted by atomic mass is 32.2. The van der Waals surface area contributed by atoms with Crippen LogP contribution >= 0.6 is 0 Å². The lowest BCUT2D eigenvalue weighted by atomic mass is 10.2. The number of hydrogen-bond acceptors (Lipinski definition) is 3. The van der Waals surface area contributed by atoms with Crippen molar-refractivity contribution >= 4 is 10.0 Å². The molecule has 1 rings (SSSR count). The molecular formula is C13H21FN2O2S. The van der Waals surface area contributed by atoms with E-state index < -0.39 is 15.8 Å². The molecule has 0 unspecified atom stereocenters. The lowest BCUT2D eigenvalue weighted by Crippen LogP contribution is -2.36. The third-order valence-electron chi connectivity index (χ3n) is 3.35. The number of halogens is 1. The van der Waals surface area contributed by atoms with Gasteiger partial charge >= 0.3 is 0 Å². The molecule has 0 spiro atoms. The van der Waals surface area contributed by atoms with Crippen LogP contribution in [0.2, 0.25) is 0 Å². The van der Waals surface area contributed by atoms with E-state index in [0.717, 1.165) is 6.07 Å². The molecule has 0 saturated heterocycles. The highest BCUT2D eigenvalue weighted by molar-refractivity contribution is 7.89. The summed E-state index contributed by atoms with van der Waals surface area (Å²) in [6.07, 6.45) is 1.37. The molecule has 0 aromatic heterocycles. The first-order valence-electron chi connectivity index (χ1n) is 6.34. The monoisotopic (exact) mass is 288 g/mol. The molecule has 0 radical (unpaired) electrons. The Balaban J connectivity index is 3.26. The zero-order chi connectivity index (χ0) is 14.6. The first-order chi connectivity index (χ1) is 8.88. The van der Waals surface area contributed by atoms with E-state index in [1.54, 1.807) is 0 Å². The average molecular weight is 288 g/mol. The minimum Gasteiger partial charge on any atom is -0.326 e. The van der Waals surface area contributed by atoms with Gasteiger partial charge in [-0.3, -0.25) is 0 Å². The topological polar surface area (TPSA) is 63.4 Å². The van der Waals surface area contributed by atoms with Crippen molar-refractivity contribution in [3.05, 3.63) is 29.6 Å². The van der Waals surface area contributed by atoms with Crippen LogP contribution in [0.25, 0.3) is 0 Å². The lowest BCUT2D eigenvalue weighted by Gasteiger charge is -2.25. The molecule has 0 saturated carbocycles. The molecule has 0 aliphatic rings. The highest BCUT2D eigenvalue weighted by Gasteiger charge is 2.28. The Morgan fingerprint density at radius 1 is 1.32 bits per heavy atom. The summed E-state index contributed by atoms with van der Waals surface area (Å²) in [5, 5.41) is 0. The van der Waals surface area contributed by atoms with Crippen LogP contribution < -0.4 is 5.73 Å². The van der Waals surface area contributed by atoms with Crippen molar-refractivity contribution < 1.29 is 12.8 Å². The third kappa shape index (κ3) is 3.32. The largest absolute Gasteiger partial charge is 0.326 e. The summed E-state index contributed by atoms with van der Waals surface area (Å²) in [5.74, 6) is -0.741. The Bertz CT molecular complexity index is 527. The summed E-state index contributed by atoms with van der Waals surface area (Å²) < 4.78 is 39.9. The van der Waals surface area contributed by atoms with Crippen molar-refractivity contribution in [1.29, 1.82) is 0 Å². The maximum absolute atomic E-state index is 13.8. The maximum atomic E-state index is 13.8. The van der Waals surface area contributed by atoms with Crippen LogP contribution in [0.1, 0.15) is 32.3 Å². The molecule has 4 nitrogen and oxygen atoms in total. The summed E-state index contributed by atoms with van der Waals surface area (Å²) in [4.78, 5) is -0.301. The van der Waals surface area contributed by atoms with Crippen molar-refractivity contribution in [3.63, 3.8) is 0 Å². The van der Waals surface area contributed by atoms with Gasteiger partial charge in [0.2, 0.25) is 10.0 Å². The molecular weight excluding hydrogens is 267 g/mol. The predicted octanol–water partition coefficient (Wildman–Crippen LogP) is 2.09. The Labute approximate surface area is 114 Å². The van der Waals surface area contributed by atoms with Crippen molar-refractivity contribution in [2.24, 2.45) is 5.73 Å². The molecule has 0 amide bonds. The molecule has 0 aliphatic carbocycles. The van der Waals surface area contributed by atoms with Crippen molar-refractivity contribution in [2.75, 3.05) is 7.05 Å². The fourth-order valence-corrected chi connectivity index (χ4v) is 3.64. The quantitative estimate of drug-likeness (QED) is 0.872. The zero-order valence-electron chi connectivity index (χ0n) is 11.6. The number of hydrogen-bond donors (Lipinski definition) is 1. The second kappa shape index (κ2) is 6.45. The van der Waals surface area contributed by atoms with Crippen LogP contribution in [-0.4, -0.2) is 25.8 Å². The maximum Gasteiger partial charge on any atom is 0.245 e. The summed E-state index contributed by atoms with van der Waals surface area (Å²) in [5.41, 5.74) is 6.06. The van der Waals surface area contributed by atoms with Gasteiger partial charge in [0.05, 0.1) is 0 Å². The van der Waals surface area contributed by atoms with Gasteiger partial charge < -0.3 is 5.73 Å². The van der Waals surface area contributed by atoms with Gasteiger partial charge in [0.15, 0.2) is 0 Å². The third-order valence-corrected chi connectivity index (χ3v) is 5.27. The van der Waals surface area contributed by atoms with Crippen molar-refractivity contribution in [3.8, 4) is 0 Å². The van der Waals surface area contributed by atoms with Crippen LogP contribution in [0.3, 0.4) is 0 Å². The minimum absolute atomic E-state index is 0.133. The average Bonchev–Trinajstić information content (AvgIpc) is 2.40. The first kappa shape index (κ1) is 16.1. The number of nitrogens with zero attached hydrogens (tertiary/aromatic N) is 1. The summed E-state index contributed by atoms with van der Waals surface area (Å²) in [6.45, 7) is 4.00.